The molecule has 1 aliphatic heterocycles. The van der Waals surface area contributed by atoms with Gasteiger partial charge in [-0.2, -0.15) is 0 Å². The first-order chi connectivity index (χ1) is 9.63. The number of hydrogen-bond acceptors (Lipinski definition) is 2. The van der Waals surface area contributed by atoms with Gasteiger partial charge in [0.25, 0.3) is 0 Å². The van der Waals surface area contributed by atoms with Gasteiger partial charge < -0.3 is 10.6 Å². The monoisotopic (exact) mass is 308 g/mol. The molecular weight excluding hydrogens is 284 g/mol. The molecule has 1 aromatic carbocycles. The van der Waals surface area contributed by atoms with Gasteiger partial charge in [-0.25, -0.2) is 0 Å². The average Bonchev–Trinajstić information content (AvgIpc) is 3.29. The van der Waals surface area contributed by atoms with Gasteiger partial charge in [-0.3, -0.25) is 4.79 Å². The Balaban J connectivity index is 0.00000161. The minimum Gasteiger partial charge on any atom is -0.342 e. The van der Waals surface area contributed by atoms with E-state index in [9.17, 15) is 4.79 Å². The number of piperidine rings is 1. The normalized spacial score (nSPS) is 22.3. The molecule has 1 amide bonds. The standard InChI is InChI=1S/C17H24N2O.ClH/c1-13(18)14-7-11-19(12-8-14)16(20)17(9-10-17)15-5-3-2-4-6-15;/h2-6,13-14H,7-12,18H2,1H3;1H. The summed E-state index contributed by atoms with van der Waals surface area (Å²) in [5.74, 6) is 0.915. The highest BCUT2D eigenvalue weighted by Crippen LogP contribution is 2.49. The molecule has 1 heterocycles. The summed E-state index contributed by atoms with van der Waals surface area (Å²) in [4.78, 5) is 14.9. The molecule has 116 valence electrons. The zero-order valence-corrected chi connectivity index (χ0v) is 13.4. The van der Waals surface area contributed by atoms with E-state index >= 15 is 0 Å². The summed E-state index contributed by atoms with van der Waals surface area (Å²) in [6, 6.07) is 10.5. The number of hydrogen-bond donors (Lipinski definition) is 1. The zero-order chi connectivity index (χ0) is 14.2. The second kappa shape index (κ2) is 6.37. The summed E-state index contributed by atoms with van der Waals surface area (Å²) >= 11 is 0. The molecule has 0 spiro atoms. The fourth-order valence-corrected chi connectivity index (χ4v) is 3.44. The molecule has 1 saturated carbocycles. The quantitative estimate of drug-likeness (QED) is 0.933. The average molecular weight is 309 g/mol. The summed E-state index contributed by atoms with van der Waals surface area (Å²) in [5, 5.41) is 0. The maximum absolute atomic E-state index is 12.9. The van der Waals surface area contributed by atoms with Crippen molar-refractivity contribution in [2.45, 2.75) is 44.1 Å². The zero-order valence-electron chi connectivity index (χ0n) is 12.6. The SMILES string of the molecule is CC(N)C1CCN(C(=O)C2(c3ccccc3)CC2)CC1.Cl. The Kier molecular flexibility index (Phi) is 4.95. The van der Waals surface area contributed by atoms with Crippen LogP contribution in [0.1, 0.15) is 38.2 Å². The maximum atomic E-state index is 12.9. The van der Waals surface area contributed by atoms with E-state index in [0.717, 1.165) is 38.8 Å². The molecule has 3 nitrogen and oxygen atoms in total. The number of nitrogens with two attached hydrogens (primary N) is 1. The molecule has 0 aromatic heterocycles. The molecule has 1 aliphatic carbocycles. The molecule has 1 aromatic rings. The van der Waals surface area contributed by atoms with Gasteiger partial charge in [0.1, 0.15) is 0 Å². The van der Waals surface area contributed by atoms with Crippen LogP contribution in [0.15, 0.2) is 30.3 Å². The minimum atomic E-state index is -0.206. The summed E-state index contributed by atoms with van der Waals surface area (Å²) in [7, 11) is 0. The van der Waals surface area contributed by atoms with Crippen LogP contribution in [0, 0.1) is 5.92 Å². The van der Waals surface area contributed by atoms with Crippen LogP contribution in [0.2, 0.25) is 0 Å². The highest BCUT2D eigenvalue weighted by atomic mass is 35.5. The van der Waals surface area contributed by atoms with E-state index in [4.69, 9.17) is 5.73 Å². The number of carbonyl (C=O) groups excluding carboxylic acids is 1. The van der Waals surface area contributed by atoms with Crippen molar-refractivity contribution < 1.29 is 4.79 Å². The molecule has 0 bridgehead atoms. The van der Waals surface area contributed by atoms with Gasteiger partial charge in [-0.15, -0.1) is 12.4 Å². The Bertz CT molecular complexity index is 477. The number of benzene rings is 1. The van der Waals surface area contributed by atoms with Crippen molar-refractivity contribution in [3.05, 3.63) is 35.9 Å². The second-order valence-corrected chi connectivity index (χ2v) is 6.44. The van der Waals surface area contributed by atoms with Crippen molar-refractivity contribution >= 4 is 18.3 Å². The van der Waals surface area contributed by atoms with Crippen LogP contribution in [0.25, 0.3) is 0 Å². The number of amides is 1. The van der Waals surface area contributed by atoms with Crippen LogP contribution >= 0.6 is 12.4 Å². The summed E-state index contributed by atoms with van der Waals surface area (Å²) < 4.78 is 0. The van der Waals surface area contributed by atoms with Crippen molar-refractivity contribution in [1.29, 1.82) is 0 Å². The van der Waals surface area contributed by atoms with E-state index in [1.165, 1.54) is 5.56 Å². The molecule has 2 aliphatic rings. The number of rotatable bonds is 3. The molecule has 2 fully saturated rings. The maximum Gasteiger partial charge on any atom is 0.233 e. The van der Waals surface area contributed by atoms with Crippen LogP contribution in [0.3, 0.4) is 0 Å². The van der Waals surface area contributed by atoms with Gasteiger partial charge in [0.15, 0.2) is 0 Å². The molecule has 3 rings (SSSR count). The van der Waals surface area contributed by atoms with Crippen LogP contribution in [-0.4, -0.2) is 29.9 Å². The van der Waals surface area contributed by atoms with Crippen LogP contribution in [0.5, 0.6) is 0 Å². The topological polar surface area (TPSA) is 46.3 Å². The summed E-state index contributed by atoms with van der Waals surface area (Å²) in [6.07, 6.45) is 4.11. The van der Waals surface area contributed by atoms with Crippen LogP contribution in [0.4, 0.5) is 0 Å². The number of likely N-dealkylation sites (tertiary alicyclic amines) is 1. The Morgan fingerprint density at radius 1 is 1.24 bits per heavy atom. The summed E-state index contributed by atoms with van der Waals surface area (Å²) in [5.41, 5.74) is 6.96. The van der Waals surface area contributed by atoms with Gasteiger partial charge in [0, 0.05) is 19.1 Å². The molecule has 1 unspecified atom stereocenters. The van der Waals surface area contributed by atoms with Crippen molar-refractivity contribution in [2.75, 3.05) is 13.1 Å². The van der Waals surface area contributed by atoms with Gasteiger partial charge >= 0.3 is 0 Å². The van der Waals surface area contributed by atoms with E-state index in [0.29, 0.717) is 11.8 Å². The number of nitrogens with zero attached hydrogens (tertiary/aromatic N) is 1. The lowest BCUT2D eigenvalue weighted by Crippen LogP contribution is -2.46. The van der Waals surface area contributed by atoms with E-state index in [1.54, 1.807) is 0 Å². The third-order valence-corrected chi connectivity index (χ3v) is 5.06. The largest absolute Gasteiger partial charge is 0.342 e. The molecule has 4 heteroatoms. The first-order valence-electron chi connectivity index (χ1n) is 7.74. The highest BCUT2D eigenvalue weighted by molar-refractivity contribution is 5.91. The lowest BCUT2D eigenvalue weighted by Gasteiger charge is -2.36. The Morgan fingerprint density at radius 3 is 2.29 bits per heavy atom. The van der Waals surface area contributed by atoms with Crippen molar-refractivity contribution in [2.24, 2.45) is 11.7 Å². The van der Waals surface area contributed by atoms with Crippen molar-refractivity contribution in [3.63, 3.8) is 0 Å². The van der Waals surface area contributed by atoms with Gasteiger partial charge in [-0.05, 0) is 44.1 Å². The van der Waals surface area contributed by atoms with Gasteiger partial charge in [0.05, 0.1) is 5.41 Å². The van der Waals surface area contributed by atoms with E-state index < -0.39 is 0 Å². The molecule has 1 atom stereocenters. The van der Waals surface area contributed by atoms with Gasteiger partial charge in [-0.1, -0.05) is 30.3 Å². The van der Waals surface area contributed by atoms with Crippen molar-refractivity contribution in [3.8, 4) is 0 Å². The fourth-order valence-electron chi connectivity index (χ4n) is 3.44. The minimum absolute atomic E-state index is 0. The molecule has 1 saturated heterocycles. The van der Waals surface area contributed by atoms with E-state index in [-0.39, 0.29) is 23.9 Å². The lowest BCUT2D eigenvalue weighted by molar-refractivity contribution is -0.135. The lowest BCUT2D eigenvalue weighted by atomic mass is 9.88. The second-order valence-electron chi connectivity index (χ2n) is 6.44. The van der Waals surface area contributed by atoms with Gasteiger partial charge in [0.2, 0.25) is 5.91 Å². The first-order valence-corrected chi connectivity index (χ1v) is 7.74. The van der Waals surface area contributed by atoms with Crippen molar-refractivity contribution in [1.82, 2.24) is 4.90 Å². The number of halogens is 1. The third-order valence-electron chi connectivity index (χ3n) is 5.06. The van der Waals surface area contributed by atoms with E-state index in [2.05, 4.69) is 24.0 Å². The molecule has 0 radical (unpaired) electrons. The molecule has 2 N–H and O–H groups in total. The Labute approximate surface area is 133 Å². The summed E-state index contributed by atoms with van der Waals surface area (Å²) in [6.45, 7) is 3.83. The molecule has 21 heavy (non-hydrogen) atoms. The smallest absolute Gasteiger partial charge is 0.233 e. The molecular formula is C17H25ClN2O. The predicted molar refractivity (Wildman–Crippen MR) is 87.6 cm³/mol. The fraction of sp³-hybridized carbons (Fsp3) is 0.588. The Hall–Kier alpha value is -1.06. The third kappa shape index (κ3) is 3.09. The van der Waals surface area contributed by atoms with Crippen LogP contribution < -0.4 is 5.73 Å². The van der Waals surface area contributed by atoms with E-state index in [1.807, 2.05) is 18.2 Å². The Morgan fingerprint density at radius 2 is 1.81 bits per heavy atom. The number of carbonyl (C=O) groups is 1. The van der Waals surface area contributed by atoms with Crippen LogP contribution in [-0.2, 0) is 10.2 Å². The first kappa shape index (κ1) is 16.3. The highest BCUT2D eigenvalue weighted by Gasteiger charge is 2.53. The predicted octanol–water partition coefficient (Wildman–Crippen LogP) is 2.73.